The lowest BCUT2D eigenvalue weighted by Crippen LogP contribution is -1.97. The number of benzene rings is 8. The Morgan fingerprint density at radius 3 is 1.06 bits per heavy atom. The van der Waals surface area contributed by atoms with Crippen LogP contribution in [0.15, 0.2) is 194 Å². The zero-order valence-corrected chi connectivity index (χ0v) is 27.4. The van der Waals surface area contributed by atoms with Crippen LogP contribution in [0, 0.1) is 0 Å². The molecule has 0 bridgehead atoms. The van der Waals surface area contributed by atoms with E-state index in [1.165, 1.54) is 70.9 Å². The predicted molar refractivity (Wildman–Crippen MR) is 213 cm³/mol. The van der Waals surface area contributed by atoms with Crippen LogP contribution in [0.4, 0.5) is 0 Å². The largest absolute Gasteiger partial charge is 0.309 e. The van der Waals surface area contributed by atoms with Gasteiger partial charge in [-0.25, -0.2) is 0 Å². The second-order valence-electron chi connectivity index (χ2n) is 12.9. The predicted octanol–water partition coefficient (Wildman–Crippen LogP) is 13.0. The maximum Gasteiger partial charge on any atom is 0.0541 e. The van der Waals surface area contributed by atoms with Crippen molar-refractivity contribution >= 4 is 65.2 Å². The molecule has 50 heavy (non-hydrogen) atoms. The molecule has 0 aliphatic rings. The van der Waals surface area contributed by atoms with Crippen molar-refractivity contribution in [3.8, 4) is 22.5 Å². The maximum atomic E-state index is 2.43. The molecule has 0 N–H and O–H groups in total. The van der Waals surface area contributed by atoms with E-state index in [1.807, 2.05) is 0 Å². The van der Waals surface area contributed by atoms with Gasteiger partial charge >= 0.3 is 0 Å². The van der Waals surface area contributed by atoms with Crippen LogP contribution < -0.4 is 0 Å². The van der Waals surface area contributed by atoms with Crippen molar-refractivity contribution in [3.05, 3.63) is 194 Å². The Kier molecular flexibility index (Phi) is 6.53. The van der Waals surface area contributed by atoms with Crippen LogP contribution in [0.1, 0.15) is 0 Å². The number of aromatic nitrogens is 2. The third kappa shape index (κ3) is 4.43. The van der Waals surface area contributed by atoms with Crippen molar-refractivity contribution in [1.29, 1.82) is 0 Å². The van der Waals surface area contributed by atoms with Gasteiger partial charge in [0.2, 0.25) is 0 Å². The van der Waals surface area contributed by atoms with Gasteiger partial charge in [0.05, 0.1) is 22.1 Å². The summed E-state index contributed by atoms with van der Waals surface area (Å²) < 4.78 is 4.80. The van der Waals surface area contributed by atoms with E-state index in [0.717, 1.165) is 16.7 Å². The quantitative estimate of drug-likeness (QED) is 0.183. The van der Waals surface area contributed by atoms with Crippen LogP contribution in [-0.4, -0.2) is 9.13 Å². The van der Waals surface area contributed by atoms with Gasteiger partial charge in [-0.15, -0.1) is 0 Å². The maximum absolute atomic E-state index is 2.43. The molecule has 0 atom stereocenters. The lowest BCUT2D eigenvalue weighted by atomic mass is 10.0. The summed E-state index contributed by atoms with van der Waals surface area (Å²) in [5.74, 6) is 0. The molecule has 0 unspecified atom stereocenters. The summed E-state index contributed by atoms with van der Waals surface area (Å²) in [7, 11) is 0. The van der Waals surface area contributed by atoms with Gasteiger partial charge in [-0.1, -0.05) is 140 Å². The molecule has 2 nitrogen and oxygen atoms in total. The lowest BCUT2D eigenvalue weighted by molar-refractivity contribution is 1.17. The summed E-state index contributed by atoms with van der Waals surface area (Å²) in [6.07, 6.45) is 0. The average Bonchev–Trinajstić information content (AvgIpc) is 3.54. The summed E-state index contributed by atoms with van der Waals surface area (Å²) in [4.78, 5) is 0. The van der Waals surface area contributed by atoms with E-state index >= 15 is 0 Å². The monoisotopic (exact) mass is 636 g/mol. The van der Waals surface area contributed by atoms with Crippen LogP contribution >= 0.6 is 0 Å². The highest BCUT2D eigenvalue weighted by Crippen LogP contribution is 2.37. The third-order valence-corrected chi connectivity index (χ3v) is 10.2. The second-order valence-corrected chi connectivity index (χ2v) is 12.9. The van der Waals surface area contributed by atoms with Gasteiger partial charge in [0.25, 0.3) is 0 Å². The number of fused-ring (bicyclic) bond motifs is 10. The Balaban J connectivity index is 1.22. The summed E-state index contributed by atoms with van der Waals surface area (Å²) in [6.45, 7) is 0. The molecule has 0 saturated heterocycles. The van der Waals surface area contributed by atoms with Crippen LogP contribution in [0.2, 0.25) is 0 Å². The second kappa shape index (κ2) is 11.5. The number of para-hydroxylation sites is 4. The minimum atomic E-state index is 1.12. The van der Waals surface area contributed by atoms with Crippen LogP contribution in [0.5, 0.6) is 0 Å². The molecule has 0 radical (unpaired) electrons. The molecule has 10 aromatic rings. The highest BCUT2D eigenvalue weighted by molar-refractivity contribution is 6.19. The number of nitrogens with zero attached hydrogens (tertiary/aromatic N) is 2. The Morgan fingerprint density at radius 2 is 0.560 bits per heavy atom. The molecule has 0 spiro atoms. The van der Waals surface area contributed by atoms with Crippen LogP contribution in [-0.2, 0) is 0 Å². The summed E-state index contributed by atoms with van der Waals surface area (Å²) >= 11 is 0. The molecule has 10 rings (SSSR count). The van der Waals surface area contributed by atoms with Gasteiger partial charge in [-0.3, -0.25) is 0 Å². The Hall–Kier alpha value is -6.64. The molecule has 0 fully saturated rings. The molecule has 8 aromatic carbocycles. The van der Waals surface area contributed by atoms with Crippen molar-refractivity contribution in [1.82, 2.24) is 9.13 Å². The van der Waals surface area contributed by atoms with E-state index in [4.69, 9.17) is 0 Å². The fourth-order valence-corrected chi connectivity index (χ4v) is 7.92. The first kappa shape index (κ1) is 28.4. The fourth-order valence-electron chi connectivity index (χ4n) is 7.92. The standard InChI is InChI=1S/C48H32N2/c1-2-14-35(15-3-1)49-47-25-13-10-22-43(47)44-32-34(28-31-48(44)49)33-26-29-36(30-27-33)50-45-23-11-8-20-41(45)39-18-6-4-16-37(39)38-17-5-7-19-40(38)42-21-9-12-24-46(42)50/h1-32H. The van der Waals surface area contributed by atoms with Crippen LogP contribution in [0.25, 0.3) is 87.7 Å². The third-order valence-electron chi connectivity index (χ3n) is 10.2. The molecular weight excluding hydrogens is 605 g/mol. The number of hydrogen-bond acceptors (Lipinski definition) is 0. The smallest absolute Gasteiger partial charge is 0.0541 e. The first-order chi connectivity index (χ1) is 24.8. The highest BCUT2D eigenvalue weighted by Gasteiger charge is 2.14. The van der Waals surface area contributed by atoms with E-state index in [2.05, 4.69) is 203 Å². The zero-order valence-electron chi connectivity index (χ0n) is 27.4. The number of hydrogen-bond donors (Lipinski definition) is 0. The lowest BCUT2D eigenvalue weighted by Gasteiger charge is -2.14. The van der Waals surface area contributed by atoms with Crippen molar-refractivity contribution in [2.75, 3.05) is 0 Å². The molecule has 0 aliphatic heterocycles. The van der Waals surface area contributed by atoms with Crippen molar-refractivity contribution < 1.29 is 0 Å². The molecule has 2 heteroatoms. The van der Waals surface area contributed by atoms with Gasteiger partial charge in [0, 0.05) is 32.9 Å². The zero-order chi connectivity index (χ0) is 33.0. The van der Waals surface area contributed by atoms with E-state index in [1.54, 1.807) is 0 Å². The molecule has 0 amide bonds. The van der Waals surface area contributed by atoms with Gasteiger partial charge < -0.3 is 9.13 Å². The summed E-state index contributed by atoms with van der Waals surface area (Å²) in [5.41, 5.74) is 9.42. The first-order valence-electron chi connectivity index (χ1n) is 17.2. The van der Waals surface area contributed by atoms with Gasteiger partial charge in [-0.2, -0.15) is 0 Å². The van der Waals surface area contributed by atoms with Crippen LogP contribution in [0.3, 0.4) is 0 Å². The molecule has 0 saturated carbocycles. The molecule has 2 aromatic heterocycles. The molecular formula is C48H32N2. The Labute approximate surface area is 290 Å². The van der Waals surface area contributed by atoms with E-state index < -0.39 is 0 Å². The van der Waals surface area contributed by atoms with Crippen molar-refractivity contribution in [2.45, 2.75) is 0 Å². The molecule has 0 aliphatic carbocycles. The normalized spacial score (nSPS) is 11.6. The van der Waals surface area contributed by atoms with Crippen molar-refractivity contribution in [2.24, 2.45) is 0 Å². The molecule has 2 heterocycles. The van der Waals surface area contributed by atoms with Gasteiger partial charge in [-0.05, 0) is 87.3 Å². The SMILES string of the molecule is c1ccc(-n2c3ccccc3c3cc(-c4ccc(-n5c6ccccc6c6ccccc6c6ccccc6c6ccccc65)cc4)ccc32)cc1. The Morgan fingerprint density at radius 1 is 0.220 bits per heavy atom. The minimum absolute atomic E-state index is 1.12. The molecule has 234 valence electrons. The highest BCUT2D eigenvalue weighted by atomic mass is 15.0. The minimum Gasteiger partial charge on any atom is -0.309 e. The van der Waals surface area contributed by atoms with E-state index in [-0.39, 0.29) is 0 Å². The fraction of sp³-hybridized carbons (Fsp3) is 0. The van der Waals surface area contributed by atoms with Crippen molar-refractivity contribution in [3.63, 3.8) is 0 Å². The van der Waals surface area contributed by atoms with Gasteiger partial charge in [0.1, 0.15) is 0 Å². The summed E-state index contributed by atoms with van der Waals surface area (Å²) in [6, 6.07) is 70.6. The van der Waals surface area contributed by atoms with E-state index in [9.17, 15) is 0 Å². The topological polar surface area (TPSA) is 9.86 Å². The van der Waals surface area contributed by atoms with E-state index in [0.29, 0.717) is 0 Å². The Bertz CT molecular complexity index is 2860. The average molecular weight is 637 g/mol. The van der Waals surface area contributed by atoms with Gasteiger partial charge in [0.15, 0.2) is 0 Å². The summed E-state index contributed by atoms with van der Waals surface area (Å²) in [5, 5.41) is 9.87. The number of rotatable bonds is 3. The first-order valence-corrected chi connectivity index (χ1v) is 17.2.